The summed E-state index contributed by atoms with van der Waals surface area (Å²) in [6.07, 6.45) is 3.43. The van der Waals surface area contributed by atoms with Gasteiger partial charge < -0.3 is 15.8 Å². The molecule has 23 heavy (non-hydrogen) atoms. The molecule has 3 N–H and O–H groups in total. The van der Waals surface area contributed by atoms with E-state index < -0.39 is 0 Å². The van der Waals surface area contributed by atoms with Crippen molar-refractivity contribution >= 4 is 18.3 Å². The molecule has 0 heterocycles. The van der Waals surface area contributed by atoms with Crippen molar-refractivity contribution in [2.45, 2.75) is 45.3 Å². The first-order chi connectivity index (χ1) is 10.5. The molecule has 1 aromatic rings. The molecular formula is C18H27ClN2O2. The maximum Gasteiger partial charge on any atom is 0.225 e. The summed E-state index contributed by atoms with van der Waals surface area (Å²) in [5, 5.41) is 3.03. The molecule has 1 amide bonds. The molecule has 0 radical (unpaired) electrons. The SMILES string of the molecule is Cc1cccc(OC(C)CNC(=O)C2C3CCC(C3)C2N)c1.Cl. The molecule has 2 saturated carbocycles. The smallest absolute Gasteiger partial charge is 0.225 e. The Morgan fingerprint density at radius 1 is 1.39 bits per heavy atom. The lowest BCUT2D eigenvalue weighted by atomic mass is 9.84. The number of nitrogens with one attached hydrogen (secondary N) is 1. The number of hydrogen-bond donors (Lipinski definition) is 2. The summed E-state index contributed by atoms with van der Waals surface area (Å²) in [5.74, 6) is 2.01. The van der Waals surface area contributed by atoms with E-state index in [1.807, 2.05) is 38.1 Å². The van der Waals surface area contributed by atoms with Gasteiger partial charge in [0.15, 0.2) is 0 Å². The van der Waals surface area contributed by atoms with Gasteiger partial charge in [-0.05, 0) is 62.6 Å². The van der Waals surface area contributed by atoms with Crippen LogP contribution >= 0.6 is 12.4 Å². The summed E-state index contributed by atoms with van der Waals surface area (Å²) in [5.41, 5.74) is 7.39. The Morgan fingerprint density at radius 3 is 2.78 bits per heavy atom. The number of nitrogens with two attached hydrogens (primary N) is 1. The molecule has 2 aliphatic carbocycles. The van der Waals surface area contributed by atoms with Crippen LogP contribution in [0.15, 0.2) is 24.3 Å². The lowest BCUT2D eigenvalue weighted by molar-refractivity contribution is -0.127. The fraction of sp³-hybridized carbons (Fsp3) is 0.611. The van der Waals surface area contributed by atoms with Gasteiger partial charge in [0.05, 0.1) is 12.5 Å². The predicted molar refractivity (Wildman–Crippen MR) is 93.8 cm³/mol. The molecule has 5 atom stereocenters. The average Bonchev–Trinajstić information content (AvgIpc) is 3.05. The zero-order valence-electron chi connectivity index (χ0n) is 13.8. The van der Waals surface area contributed by atoms with Crippen molar-refractivity contribution in [3.8, 4) is 5.75 Å². The summed E-state index contributed by atoms with van der Waals surface area (Å²) in [6.45, 7) is 4.53. The summed E-state index contributed by atoms with van der Waals surface area (Å²) in [4.78, 5) is 12.4. The highest BCUT2D eigenvalue weighted by atomic mass is 35.5. The van der Waals surface area contributed by atoms with E-state index >= 15 is 0 Å². The molecule has 2 aliphatic rings. The molecule has 5 heteroatoms. The van der Waals surface area contributed by atoms with Crippen LogP contribution in [0.2, 0.25) is 0 Å². The zero-order chi connectivity index (χ0) is 15.7. The number of carbonyl (C=O) groups excluding carboxylic acids is 1. The molecule has 128 valence electrons. The van der Waals surface area contributed by atoms with Crippen molar-refractivity contribution in [3.63, 3.8) is 0 Å². The summed E-state index contributed by atoms with van der Waals surface area (Å²) < 4.78 is 5.85. The van der Waals surface area contributed by atoms with Crippen molar-refractivity contribution in [2.24, 2.45) is 23.5 Å². The molecule has 2 bridgehead atoms. The van der Waals surface area contributed by atoms with E-state index in [0.717, 1.165) is 18.6 Å². The van der Waals surface area contributed by atoms with Crippen molar-refractivity contribution in [1.29, 1.82) is 0 Å². The standard InChI is InChI=1S/C18H26N2O2.ClH/c1-11-4-3-5-15(8-11)22-12(2)10-20-18(21)16-13-6-7-14(9-13)17(16)19;/h3-5,8,12-14,16-17H,6-7,9-10,19H2,1-2H3,(H,20,21);1H. The van der Waals surface area contributed by atoms with Crippen LogP contribution in [-0.4, -0.2) is 24.6 Å². The predicted octanol–water partition coefficient (Wildman–Crippen LogP) is 2.67. The van der Waals surface area contributed by atoms with Gasteiger partial charge in [-0.2, -0.15) is 0 Å². The van der Waals surface area contributed by atoms with E-state index in [2.05, 4.69) is 5.32 Å². The van der Waals surface area contributed by atoms with Gasteiger partial charge in [0.1, 0.15) is 11.9 Å². The normalized spacial score (nSPS) is 29.7. The van der Waals surface area contributed by atoms with E-state index in [-0.39, 0.29) is 36.4 Å². The Labute approximate surface area is 144 Å². The zero-order valence-corrected chi connectivity index (χ0v) is 14.6. The van der Waals surface area contributed by atoms with E-state index in [1.165, 1.54) is 12.0 Å². The van der Waals surface area contributed by atoms with Crippen LogP contribution in [-0.2, 0) is 4.79 Å². The van der Waals surface area contributed by atoms with E-state index in [9.17, 15) is 4.79 Å². The fourth-order valence-electron chi connectivity index (χ4n) is 4.05. The summed E-state index contributed by atoms with van der Waals surface area (Å²) in [7, 11) is 0. The molecule has 4 nitrogen and oxygen atoms in total. The van der Waals surface area contributed by atoms with Crippen LogP contribution in [0.4, 0.5) is 0 Å². The van der Waals surface area contributed by atoms with Gasteiger partial charge in [-0.15, -0.1) is 12.4 Å². The molecule has 0 spiro atoms. The van der Waals surface area contributed by atoms with Gasteiger partial charge in [-0.3, -0.25) is 4.79 Å². The molecule has 3 rings (SSSR count). The number of rotatable bonds is 5. The van der Waals surface area contributed by atoms with Gasteiger partial charge in [-0.1, -0.05) is 12.1 Å². The minimum absolute atomic E-state index is 0. The fourth-order valence-corrected chi connectivity index (χ4v) is 4.05. The van der Waals surface area contributed by atoms with Gasteiger partial charge in [0.25, 0.3) is 0 Å². The highest BCUT2D eigenvalue weighted by Gasteiger charge is 2.48. The van der Waals surface area contributed by atoms with Gasteiger partial charge in [0.2, 0.25) is 5.91 Å². The molecular weight excluding hydrogens is 312 g/mol. The Balaban J connectivity index is 0.00000192. The van der Waals surface area contributed by atoms with Crippen LogP contribution in [0.3, 0.4) is 0 Å². The monoisotopic (exact) mass is 338 g/mol. The summed E-state index contributed by atoms with van der Waals surface area (Å²) >= 11 is 0. The number of fused-ring (bicyclic) bond motifs is 2. The Morgan fingerprint density at radius 2 is 2.13 bits per heavy atom. The maximum atomic E-state index is 12.4. The third-order valence-electron chi connectivity index (χ3n) is 5.17. The number of benzene rings is 1. The quantitative estimate of drug-likeness (QED) is 0.867. The minimum atomic E-state index is -0.0550. The number of amides is 1. The van der Waals surface area contributed by atoms with Crippen LogP contribution in [0, 0.1) is 24.7 Å². The first-order valence-corrected chi connectivity index (χ1v) is 8.31. The van der Waals surface area contributed by atoms with Crippen molar-refractivity contribution < 1.29 is 9.53 Å². The first-order valence-electron chi connectivity index (χ1n) is 8.31. The van der Waals surface area contributed by atoms with E-state index in [0.29, 0.717) is 18.4 Å². The molecule has 0 aliphatic heterocycles. The molecule has 0 aromatic heterocycles. The number of hydrogen-bond acceptors (Lipinski definition) is 3. The Hall–Kier alpha value is -1.26. The minimum Gasteiger partial charge on any atom is -0.489 e. The number of ether oxygens (including phenoxy) is 1. The third-order valence-corrected chi connectivity index (χ3v) is 5.17. The number of carbonyl (C=O) groups is 1. The average molecular weight is 339 g/mol. The van der Waals surface area contributed by atoms with Crippen molar-refractivity contribution in [1.82, 2.24) is 5.32 Å². The molecule has 0 saturated heterocycles. The topological polar surface area (TPSA) is 64.3 Å². The van der Waals surface area contributed by atoms with E-state index in [1.54, 1.807) is 0 Å². The van der Waals surface area contributed by atoms with E-state index in [4.69, 9.17) is 10.5 Å². The lowest BCUT2D eigenvalue weighted by Gasteiger charge is -2.27. The van der Waals surface area contributed by atoms with Gasteiger partial charge in [0, 0.05) is 6.04 Å². The third kappa shape index (κ3) is 3.99. The van der Waals surface area contributed by atoms with Crippen LogP contribution in [0.5, 0.6) is 5.75 Å². The highest BCUT2D eigenvalue weighted by molar-refractivity contribution is 5.85. The lowest BCUT2D eigenvalue weighted by Crippen LogP contribution is -2.47. The second kappa shape index (κ2) is 7.54. The van der Waals surface area contributed by atoms with Gasteiger partial charge >= 0.3 is 0 Å². The molecule has 2 fully saturated rings. The molecule has 1 aromatic carbocycles. The maximum absolute atomic E-state index is 12.4. The second-order valence-corrected chi connectivity index (χ2v) is 6.93. The van der Waals surface area contributed by atoms with Gasteiger partial charge in [-0.25, -0.2) is 0 Å². The summed E-state index contributed by atoms with van der Waals surface area (Å²) in [6, 6.07) is 8.01. The Kier molecular flexibility index (Phi) is 5.93. The second-order valence-electron chi connectivity index (χ2n) is 6.93. The highest BCUT2D eigenvalue weighted by Crippen LogP contribution is 2.47. The van der Waals surface area contributed by atoms with Crippen molar-refractivity contribution in [3.05, 3.63) is 29.8 Å². The Bertz CT molecular complexity index is 550. The molecule has 5 unspecified atom stereocenters. The van der Waals surface area contributed by atoms with Crippen LogP contribution < -0.4 is 15.8 Å². The van der Waals surface area contributed by atoms with Crippen molar-refractivity contribution in [2.75, 3.05) is 6.54 Å². The van der Waals surface area contributed by atoms with Crippen LogP contribution in [0.1, 0.15) is 31.7 Å². The number of aryl methyl sites for hydroxylation is 1. The first kappa shape index (κ1) is 18.1. The van der Waals surface area contributed by atoms with Crippen LogP contribution in [0.25, 0.3) is 0 Å². The largest absolute Gasteiger partial charge is 0.489 e. The number of halogens is 1.